The summed E-state index contributed by atoms with van der Waals surface area (Å²) in [5.41, 5.74) is 6.03. The van der Waals surface area contributed by atoms with Gasteiger partial charge in [0.15, 0.2) is 0 Å². The zero-order valence-electron chi connectivity index (χ0n) is 6.84. The first-order valence-corrected chi connectivity index (χ1v) is 3.68. The van der Waals surface area contributed by atoms with Crippen LogP contribution in [0.5, 0.6) is 11.5 Å². The third-order valence-corrected chi connectivity index (χ3v) is 1.61. The third kappa shape index (κ3) is 2.59. The average molecular weight is 185 g/mol. The molecule has 0 saturated carbocycles. The van der Waals surface area contributed by atoms with Gasteiger partial charge in [-0.05, 0) is 17.7 Å². The molecule has 0 heterocycles. The molecule has 0 aliphatic heterocycles. The van der Waals surface area contributed by atoms with Gasteiger partial charge in [0.1, 0.15) is 18.1 Å². The van der Waals surface area contributed by atoms with Gasteiger partial charge in [0, 0.05) is 6.07 Å². The van der Waals surface area contributed by atoms with Gasteiger partial charge in [0.2, 0.25) is 0 Å². The normalized spacial score (nSPS) is 12.8. The van der Waals surface area contributed by atoms with Gasteiger partial charge in [-0.25, -0.2) is 4.89 Å². The molecule has 0 fully saturated rings. The second-order valence-corrected chi connectivity index (χ2v) is 2.69. The molecule has 5 N–H and O–H groups in total. The van der Waals surface area contributed by atoms with Gasteiger partial charge < -0.3 is 15.9 Å². The van der Waals surface area contributed by atoms with Gasteiger partial charge in [0.05, 0.1) is 6.04 Å². The molecule has 0 saturated heterocycles. The van der Waals surface area contributed by atoms with Gasteiger partial charge in [-0.3, -0.25) is 5.26 Å². The van der Waals surface area contributed by atoms with E-state index in [2.05, 4.69) is 4.89 Å². The van der Waals surface area contributed by atoms with Crippen molar-refractivity contribution < 1.29 is 20.4 Å². The van der Waals surface area contributed by atoms with Crippen molar-refractivity contribution in [2.45, 2.75) is 6.04 Å². The van der Waals surface area contributed by atoms with Crippen LogP contribution in [0.3, 0.4) is 0 Å². The van der Waals surface area contributed by atoms with E-state index in [9.17, 15) is 0 Å². The molecule has 1 unspecified atom stereocenters. The maximum absolute atomic E-state index is 9.09. The predicted octanol–water partition coefficient (Wildman–Crippen LogP) is 0.587. The van der Waals surface area contributed by atoms with E-state index in [0.29, 0.717) is 5.56 Å². The molecule has 1 aromatic carbocycles. The Kier molecular flexibility index (Phi) is 3.07. The van der Waals surface area contributed by atoms with Crippen molar-refractivity contribution in [2.75, 3.05) is 6.61 Å². The van der Waals surface area contributed by atoms with Crippen LogP contribution in [-0.2, 0) is 4.89 Å². The number of phenolic OH excluding ortho intramolecular Hbond substituents is 2. The Balaban J connectivity index is 2.87. The largest absolute Gasteiger partial charge is 0.508 e. The average Bonchev–Trinajstić information content (AvgIpc) is 2.03. The quantitative estimate of drug-likeness (QED) is 0.408. The zero-order chi connectivity index (χ0) is 9.84. The van der Waals surface area contributed by atoms with Crippen molar-refractivity contribution in [3.05, 3.63) is 23.8 Å². The topological polar surface area (TPSA) is 95.9 Å². The highest BCUT2D eigenvalue weighted by atomic mass is 17.1. The summed E-state index contributed by atoms with van der Waals surface area (Å²) in [6.45, 7) is -0.0944. The summed E-state index contributed by atoms with van der Waals surface area (Å²) >= 11 is 0. The van der Waals surface area contributed by atoms with E-state index in [1.54, 1.807) is 0 Å². The van der Waals surface area contributed by atoms with Crippen LogP contribution in [0.25, 0.3) is 0 Å². The van der Waals surface area contributed by atoms with Crippen LogP contribution in [0.15, 0.2) is 18.2 Å². The first-order valence-electron chi connectivity index (χ1n) is 3.68. The Labute approximate surface area is 74.9 Å². The first-order chi connectivity index (χ1) is 6.13. The summed E-state index contributed by atoms with van der Waals surface area (Å²) in [6, 6.07) is 3.39. The van der Waals surface area contributed by atoms with E-state index < -0.39 is 6.04 Å². The molecule has 0 aromatic heterocycles. The van der Waals surface area contributed by atoms with Crippen molar-refractivity contribution in [1.29, 1.82) is 0 Å². The van der Waals surface area contributed by atoms with Crippen LogP contribution in [0, 0.1) is 0 Å². The third-order valence-electron chi connectivity index (χ3n) is 1.61. The van der Waals surface area contributed by atoms with E-state index in [-0.39, 0.29) is 18.1 Å². The Morgan fingerprint density at radius 2 is 1.77 bits per heavy atom. The van der Waals surface area contributed by atoms with E-state index >= 15 is 0 Å². The van der Waals surface area contributed by atoms with E-state index in [0.717, 1.165) is 0 Å². The summed E-state index contributed by atoms with van der Waals surface area (Å²) in [4.78, 5) is 3.85. The fourth-order valence-electron chi connectivity index (χ4n) is 1.01. The minimum Gasteiger partial charge on any atom is -0.508 e. The molecule has 0 amide bonds. The smallest absolute Gasteiger partial charge is 0.119 e. The summed E-state index contributed by atoms with van der Waals surface area (Å²) in [5.74, 6) is -0.160. The molecule has 0 aliphatic rings. The summed E-state index contributed by atoms with van der Waals surface area (Å²) < 4.78 is 0. The standard InChI is InChI=1S/C8H11NO4/c9-8(4-13-12)5-1-6(10)3-7(11)2-5/h1-3,8,10-12H,4,9H2. The van der Waals surface area contributed by atoms with Crippen molar-refractivity contribution in [3.63, 3.8) is 0 Å². The molecule has 1 rings (SSSR count). The van der Waals surface area contributed by atoms with Gasteiger partial charge in [-0.1, -0.05) is 0 Å². The predicted molar refractivity (Wildman–Crippen MR) is 45.3 cm³/mol. The number of phenols is 2. The Morgan fingerprint density at radius 3 is 2.23 bits per heavy atom. The van der Waals surface area contributed by atoms with Crippen molar-refractivity contribution >= 4 is 0 Å². The molecule has 0 radical (unpaired) electrons. The van der Waals surface area contributed by atoms with Gasteiger partial charge in [-0.2, -0.15) is 0 Å². The van der Waals surface area contributed by atoms with Crippen LogP contribution in [0.1, 0.15) is 11.6 Å². The summed E-state index contributed by atoms with van der Waals surface area (Å²) in [5, 5.41) is 26.3. The molecule has 5 heteroatoms. The van der Waals surface area contributed by atoms with Crippen molar-refractivity contribution in [1.82, 2.24) is 0 Å². The lowest BCUT2D eigenvalue weighted by atomic mass is 10.1. The minimum absolute atomic E-state index is 0.0802. The van der Waals surface area contributed by atoms with Gasteiger partial charge in [0.25, 0.3) is 0 Å². The Morgan fingerprint density at radius 1 is 1.23 bits per heavy atom. The van der Waals surface area contributed by atoms with Crippen LogP contribution < -0.4 is 5.73 Å². The van der Waals surface area contributed by atoms with E-state index in [1.807, 2.05) is 0 Å². The van der Waals surface area contributed by atoms with Crippen LogP contribution in [0.2, 0.25) is 0 Å². The monoisotopic (exact) mass is 185 g/mol. The van der Waals surface area contributed by atoms with Gasteiger partial charge in [-0.15, -0.1) is 0 Å². The van der Waals surface area contributed by atoms with Crippen molar-refractivity contribution in [2.24, 2.45) is 5.73 Å². The second kappa shape index (κ2) is 4.08. The lowest BCUT2D eigenvalue weighted by Gasteiger charge is -2.10. The molecule has 0 bridgehead atoms. The highest BCUT2D eigenvalue weighted by molar-refractivity contribution is 5.37. The number of benzene rings is 1. The summed E-state index contributed by atoms with van der Waals surface area (Å²) in [6.07, 6.45) is 0. The highest BCUT2D eigenvalue weighted by Crippen LogP contribution is 2.23. The number of hydrogen-bond donors (Lipinski definition) is 4. The van der Waals surface area contributed by atoms with Crippen LogP contribution >= 0.6 is 0 Å². The lowest BCUT2D eigenvalue weighted by Crippen LogP contribution is -2.15. The van der Waals surface area contributed by atoms with E-state index in [4.69, 9.17) is 21.2 Å². The molecule has 1 aromatic rings. The highest BCUT2D eigenvalue weighted by Gasteiger charge is 2.08. The molecular weight excluding hydrogens is 174 g/mol. The molecule has 13 heavy (non-hydrogen) atoms. The maximum atomic E-state index is 9.09. The maximum Gasteiger partial charge on any atom is 0.119 e. The molecular formula is C8H11NO4. The molecule has 0 spiro atoms. The molecule has 5 nitrogen and oxygen atoms in total. The van der Waals surface area contributed by atoms with Crippen molar-refractivity contribution in [3.8, 4) is 11.5 Å². The fraction of sp³-hybridized carbons (Fsp3) is 0.250. The molecule has 72 valence electrons. The fourth-order valence-corrected chi connectivity index (χ4v) is 1.01. The number of nitrogens with two attached hydrogens (primary N) is 1. The zero-order valence-corrected chi connectivity index (χ0v) is 6.84. The number of hydrogen-bond acceptors (Lipinski definition) is 5. The number of aromatic hydroxyl groups is 2. The first kappa shape index (κ1) is 9.79. The van der Waals surface area contributed by atoms with Crippen LogP contribution in [-0.4, -0.2) is 22.1 Å². The summed E-state index contributed by atoms with van der Waals surface area (Å²) in [7, 11) is 0. The second-order valence-electron chi connectivity index (χ2n) is 2.69. The lowest BCUT2D eigenvalue weighted by molar-refractivity contribution is -0.245. The van der Waals surface area contributed by atoms with E-state index in [1.165, 1.54) is 18.2 Å². The van der Waals surface area contributed by atoms with Gasteiger partial charge >= 0.3 is 0 Å². The SMILES string of the molecule is NC(COO)c1cc(O)cc(O)c1. The Bertz CT molecular complexity index is 269. The molecule has 0 aliphatic carbocycles. The minimum atomic E-state index is -0.581. The molecule has 1 atom stereocenters. The van der Waals surface area contributed by atoms with Crippen LogP contribution in [0.4, 0.5) is 0 Å². The Hall–Kier alpha value is -1.30. The number of rotatable bonds is 3.